The van der Waals surface area contributed by atoms with E-state index in [0.717, 1.165) is 24.0 Å². The zero-order valence-electron chi connectivity index (χ0n) is 10.0. The van der Waals surface area contributed by atoms with Crippen LogP contribution in [0, 0.1) is 0 Å². The second kappa shape index (κ2) is 7.82. The van der Waals surface area contributed by atoms with Crippen molar-refractivity contribution >= 4 is 15.9 Å². The molecule has 0 spiro atoms. The molecule has 0 aliphatic carbocycles. The Labute approximate surface area is 107 Å². The maximum atomic E-state index is 5.76. The van der Waals surface area contributed by atoms with Crippen LogP contribution in [-0.4, -0.2) is 19.2 Å². The molecule has 0 saturated heterocycles. The van der Waals surface area contributed by atoms with E-state index in [4.69, 9.17) is 4.74 Å². The summed E-state index contributed by atoms with van der Waals surface area (Å²) < 4.78 is 6.88. The molecule has 16 heavy (non-hydrogen) atoms. The number of rotatable bonds is 7. The first-order chi connectivity index (χ1) is 7.74. The molecule has 1 N–H and O–H groups in total. The van der Waals surface area contributed by atoms with Crippen molar-refractivity contribution in [2.75, 3.05) is 13.1 Å². The van der Waals surface area contributed by atoms with Crippen molar-refractivity contribution in [1.82, 2.24) is 5.32 Å². The van der Waals surface area contributed by atoms with Gasteiger partial charge in [-0.2, -0.15) is 0 Å². The van der Waals surface area contributed by atoms with E-state index in [0.29, 0.717) is 6.61 Å². The van der Waals surface area contributed by atoms with E-state index < -0.39 is 0 Å². The van der Waals surface area contributed by atoms with Gasteiger partial charge in [0, 0.05) is 11.0 Å². The van der Waals surface area contributed by atoms with Crippen molar-refractivity contribution in [2.45, 2.75) is 33.0 Å². The van der Waals surface area contributed by atoms with Crippen LogP contribution in [0.15, 0.2) is 28.7 Å². The van der Waals surface area contributed by atoms with Crippen molar-refractivity contribution in [2.24, 2.45) is 0 Å². The van der Waals surface area contributed by atoms with Crippen molar-refractivity contribution in [3.8, 4) is 0 Å². The smallest absolute Gasteiger partial charge is 0.0732 e. The van der Waals surface area contributed by atoms with Gasteiger partial charge in [0.05, 0.1) is 12.7 Å². The number of hydrogen-bond acceptors (Lipinski definition) is 2. The van der Waals surface area contributed by atoms with E-state index in [-0.39, 0.29) is 6.10 Å². The average molecular weight is 286 g/mol. The summed E-state index contributed by atoms with van der Waals surface area (Å²) in [5.74, 6) is 0. The third-order valence-electron chi connectivity index (χ3n) is 2.34. The van der Waals surface area contributed by atoms with Crippen molar-refractivity contribution in [3.05, 3.63) is 34.3 Å². The van der Waals surface area contributed by atoms with E-state index in [1.165, 1.54) is 5.56 Å². The Morgan fingerprint density at radius 1 is 1.38 bits per heavy atom. The van der Waals surface area contributed by atoms with E-state index in [2.05, 4.69) is 41.2 Å². The van der Waals surface area contributed by atoms with Gasteiger partial charge in [0.15, 0.2) is 0 Å². The maximum absolute atomic E-state index is 5.76. The molecule has 1 atom stereocenters. The topological polar surface area (TPSA) is 21.3 Å². The fraction of sp³-hybridized carbons (Fsp3) is 0.538. The predicted octanol–water partition coefficient (Wildman–Crippen LogP) is 3.35. The van der Waals surface area contributed by atoms with Crippen LogP contribution in [0.5, 0.6) is 0 Å². The molecule has 1 aromatic carbocycles. The quantitative estimate of drug-likeness (QED) is 0.776. The Morgan fingerprint density at radius 2 is 2.12 bits per heavy atom. The van der Waals surface area contributed by atoms with Gasteiger partial charge in [0.2, 0.25) is 0 Å². The standard InChI is InChI=1S/C13H20BrNO/c1-3-8-15-9-11(2)16-10-12-6-4-5-7-13(12)14/h4-7,11,15H,3,8-10H2,1-2H3. The summed E-state index contributed by atoms with van der Waals surface area (Å²) in [6.45, 7) is 6.90. The number of ether oxygens (including phenoxy) is 1. The van der Waals surface area contributed by atoms with Crippen LogP contribution in [0.3, 0.4) is 0 Å². The van der Waals surface area contributed by atoms with Gasteiger partial charge in [-0.05, 0) is 31.5 Å². The molecule has 0 aromatic heterocycles. The van der Waals surface area contributed by atoms with Crippen LogP contribution in [-0.2, 0) is 11.3 Å². The molecule has 1 rings (SSSR count). The van der Waals surface area contributed by atoms with Crippen LogP contribution < -0.4 is 5.32 Å². The van der Waals surface area contributed by atoms with Gasteiger partial charge in [0.1, 0.15) is 0 Å². The molecule has 90 valence electrons. The number of halogens is 1. The largest absolute Gasteiger partial charge is 0.372 e. The monoisotopic (exact) mass is 285 g/mol. The molecule has 0 bridgehead atoms. The van der Waals surface area contributed by atoms with Crippen molar-refractivity contribution in [1.29, 1.82) is 0 Å². The molecule has 1 aromatic rings. The molecule has 2 nitrogen and oxygen atoms in total. The van der Waals surface area contributed by atoms with Gasteiger partial charge in [-0.3, -0.25) is 0 Å². The Balaban J connectivity index is 2.26. The summed E-state index contributed by atoms with van der Waals surface area (Å²) in [5.41, 5.74) is 1.20. The third-order valence-corrected chi connectivity index (χ3v) is 3.11. The second-order valence-corrected chi connectivity index (χ2v) is 4.77. The Hall–Kier alpha value is -0.380. The summed E-state index contributed by atoms with van der Waals surface area (Å²) >= 11 is 3.51. The molecule has 0 radical (unpaired) electrons. The highest BCUT2D eigenvalue weighted by Crippen LogP contribution is 2.17. The van der Waals surface area contributed by atoms with Crippen LogP contribution >= 0.6 is 15.9 Å². The van der Waals surface area contributed by atoms with Gasteiger partial charge in [0.25, 0.3) is 0 Å². The lowest BCUT2D eigenvalue weighted by Gasteiger charge is -2.14. The third kappa shape index (κ3) is 5.10. The van der Waals surface area contributed by atoms with Crippen LogP contribution in [0.2, 0.25) is 0 Å². The zero-order valence-corrected chi connectivity index (χ0v) is 11.6. The minimum absolute atomic E-state index is 0.249. The molecular weight excluding hydrogens is 266 g/mol. The Kier molecular flexibility index (Phi) is 6.69. The van der Waals surface area contributed by atoms with Crippen molar-refractivity contribution in [3.63, 3.8) is 0 Å². The minimum Gasteiger partial charge on any atom is -0.372 e. The lowest BCUT2D eigenvalue weighted by Crippen LogP contribution is -2.27. The zero-order chi connectivity index (χ0) is 11.8. The fourth-order valence-electron chi connectivity index (χ4n) is 1.39. The molecule has 0 amide bonds. The highest BCUT2D eigenvalue weighted by molar-refractivity contribution is 9.10. The highest BCUT2D eigenvalue weighted by Gasteiger charge is 2.03. The van der Waals surface area contributed by atoms with Gasteiger partial charge in [-0.15, -0.1) is 0 Å². The van der Waals surface area contributed by atoms with E-state index in [1.807, 2.05) is 18.2 Å². The average Bonchev–Trinajstić information content (AvgIpc) is 2.28. The second-order valence-electron chi connectivity index (χ2n) is 3.92. The number of nitrogens with one attached hydrogen (secondary N) is 1. The molecule has 0 aliphatic heterocycles. The normalized spacial score (nSPS) is 12.7. The predicted molar refractivity (Wildman–Crippen MR) is 71.6 cm³/mol. The first-order valence-corrected chi connectivity index (χ1v) is 6.59. The molecule has 0 saturated carbocycles. The van der Waals surface area contributed by atoms with Gasteiger partial charge < -0.3 is 10.1 Å². The Morgan fingerprint density at radius 3 is 2.81 bits per heavy atom. The highest BCUT2D eigenvalue weighted by atomic mass is 79.9. The van der Waals surface area contributed by atoms with Gasteiger partial charge >= 0.3 is 0 Å². The summed E-state index contributed by atoms with van der Waals surface area (Å²) in [6.07, 6.45) is 1.41. The van der Waals surface area contributed by atoms with Crippen LogP contribution in [0.1, 0.15) is 25.8 Å². The first kappa shape index (κ1) is 13.7. The van der Waals surface area contributed by atoms with Crippen LogP contribution in [0.25, 0.3) is 0 Å². The molecular formula is C13H20BrNO. The summed E-state index contributed by atoms with van der Waals surface area (Å²) in [4.78, 5) is 0. The fourth-order valence-corrected chi connectivity index (χ4v) is 1.79. The number of benzene rings is 1. The van der Waals surface area contributed by atoms with Crippen LogP contribution in [0.4, 0.5) is 0 Å². The molecule has 3 heteroatoms. The summed E-state index contributed by atoms with van der Waals surface area (Å²) in [6, 6.07) is 8.16. The van der Waals surface area contributed by atoms with E-state index in [9.17, 15) is 0 Å². The summed E-state index contributed by atoms with van der Waals surface area (Å²) in [7, 11) is 0. The first-order valence-electron chi connectivity index (χ1n) is 5.79. The van der Waals surface area contributed by atoms with Crippen molar-refractivity contribution < 1.29 is 4.74 Å². The van der Waals surface area contributed by atoms with E-state index >= 15 is 0 Å². The van der Waals surface area contributed by atoms with Gasteiger partial charge in [-0.25, -0.2) is 0 Å². The maximum Gasteiger partial charge on any atom is 0.0732 e. The molecule has 1 unspecified atom stereocenters. The molecule has 0 fully saturated rings. The minimum atomic E-state index is 0.249. The summed E-state index contributed by atoms with van der Waals surface area (Å²) in [5, 5.41) is 3.35. The lowest BCUT2D eigenvalue weighted by molar-refractivity contribution is 0.0530. The molecule has 0 heterocycles. The lowest BCUT2D eigenvalue weighted by atomic mass is 10.2. The van der Waals surface area contributed by atoms with E-state index in [1.54, 1.807) is 0 Å². The number of hydrogen-bond donors (Lipinski definition) is 1. The Bertz CT molecular complexity index is 304. The SMILES string of the molecule is CCCNCC(C)OCc1ccccc1Br. The van der Waals surface area contributed by atoms with Gasteiger partial charge in [-0.1, -0.05) is 41.1 Å². The molecule has 0 aliphatic rings.